The summed E-state index contributed by atoms with van der Waals surface area (Å²) in [5.74, 6) is 1.38. The Bertz CT molecular complexity index is 1210. The van der Waals surface area contributed by atoms with Gasteiger partial charge in [0.15, 0.2) is 6.61 Å². The van der Waals surface area contributed by atoms with Gasteiger partial charge in [-0.2, -0.15) is 0 Å². The van der Waals surface area contributed by atoms with Gasteiger partial charge in [0.05, 0.1) is 17.9 Å². The van der Waals surface area contributed by atoms with E-state index in [1.54, 1.807) is 4.90 Å². The van der Waals surface area contributed by atoms with Gasteiger partial charge in [0.25, 0.3) is 5.91 Å². The molecule has 3 heterocycles. The molecule has 0 saturated heterocycles. The lowest BCUT2D eigenvalue weighted by Gasteiger charge is -2.26. The molecular formula is C23H25N3O4. The van der Waals surface area contributed by atoms with Crippen LogP contribution in [0, 0.1) is 13.8 Å². The molecule has 0 radical (unpaired) electrons. The second kappa shape index (κ2) is 7.31. The van der Waals surface area contributed by atoms with Crippen molar-refractivity contribution in [2.24, 2.45) is 0 Å². The zero-order valence-corrected chi connectivity index (χ0v) is 17.3. The molecular weight excluding hydrogens is 382 g/mol. The Morgan fingerprint density at radius 1 is 1.20 bits per heavy atom. The van der Waals surface area contributed by atoms with E-state index in [9.17, 15) is 9.59 Å². The Hall–Kier alpha value is -3.09. The first-order valence-electron chi connectivity index (χ1n) is 10.5. The summed E-state index contributed by atoms with van der Waals surface area (Å²) in [6.45, 7) is 4.91. The Balaban J connectivity index is 1.35. The van der Waals surface area contributed by atoms with Gasteiger partial charge in [-0.3, -0.25) is 4.79 Å². The van der Waals surface area contributed by atoms with Crippen molar-refractivity contribution in [1.82, 2.24) is 14.9 Å². The fourth-order valence-electron chi connectivity index (χ4n) is 4.66. The molecule has 0 fully saturated rings. The highest BCUT2D eigenvalue weighted by molar-refractivity contribution is 5.86. The van der Waals surface area contributed by atoms with Crippen molar-refractivity contribution in [2.75, 3.05) is 13.2 Å². The molecule has 3 aromatic rings. The fraction of sp³-hybridized carbons (Fsp3) is 0.435. The minimum Gasteiger partial charge on any atom is -0.483 e. The molecule has 5 rings (SSSR count). The van der Waals surface area contributed by atoms with Gasteiger partial charge in [-0.1, -0.05) is 0 Å². The number of hydrogen-bond acceptors (Lipinski definition) is 5. The third-order valence-electron chi connectivity index (χ3n) is 6.24. The van der Waals surface area contributed by atoms with Crippen LogP contribution in [0.5, 0.6) is 5.75 Å². The van der Waals surface area contributed by atoms with Gasteiger partial charge in [0, 0.05) is 29.5 Å². The number of fused-ring (bicyclic) bond motifs is 4. The highest BCUT2D eigenvalue weighted by Gasteiger charge is 2.24. The lowest BCUT2D eigenvalue weighted by Crippen LogP contribution is -2.39. The van der Waals surface area contributed by atoms with E-state index in [-0.39, 0.29) is 18.1 Å². The van der Waals surface area contributed by atoms with Gasteiger partial charge in [-0.15, -0.1) is 0 Å². The van der Waals surface area contributed by atoms with Crippen molar-refractivity contribution in [3.63, 3.8) is 0 Å². The third kappa shape index (κ3) is 3.18. The molecule has 7 nitrogen and oxygen atoms in total. The molecule has 156 valence electrons. The maximum Gasteiger partial charge on any atom is 0.339 e. The monoisotopic (exact) mass is 407 g/mol. The van der Waals surface area contributed by atoms with E-state index in [0.717, 1.165) is 71.4 Å². The SMILES string of the molecule is Cc1nc2c([nH]1)CN(C(=O)COc1ccc3c4c(c(=O)oc3c1C)CCCC4)CC2. The highest BCUT2D eigenvalue weighted by atomic mass is 16.5. The van der Waals surface area contributed by atoms with Crippen LogP contribution in [0.1, 0.15) is 46.7 Å². The van der Waals surface area contributed by atoms with Crippen LogP contribution < -0.4 is 10.4 Å². The van der Waals surface area contributed by atoms with Gasteiger partial charge in [0.1, 0.15) is 17.2 Å². The van der Waals surface area contributed by atoms with Crippen LogP contribution in [0.25, 0.3) is 11.0 Å². The number of nitrogens with zero attached hydrogens (tertiary/aromatic N) is 2. The predicted octanol–water partition coefficient (Wildman–Crippen LogP) is 2.98. The average Bonchev–Trinajstić information content (AvgIpc) is 3.13. The number of benzene rings is 1. The van der Waals surface area contributed by atoms with Crippen molar-refractivity contribution >= 4 is 16.9 Å². The molecule has 0 spiro atoms. The number of nitrogens with one attached hydrogen (secondary N) is 1. The Labute approximate surface area is 174 Å². The number of hydrogen-bond donors (Lipinski definition) is 1. The standard InChI is InChI=1S/C23H25N3O4/c1-13-20(8-7-16-15-5-3-4-6-17(15)23(28)30-22(13)16)29-12-21(27)26-10-9-18-19(11-26)25-14(2)24-18/h7-8H,3-6,9-12H2,1-2H3,(H,24,25). The number of aromatic amines is 1. The molecule has 2 aliphatic rings. The lowest BCUT2D eigenvalue weighted by molar-refractivity contribution is -0.134. The van der Waals surface area contributed by atoms with E-state index < -0.39 is 0 Å². The number of aromatic nitrogens is 2. The molecule has 0 atom stereocenters. The topological polar surface area (TPSA) is 88.4 Å². The number of carbonyl (C=O) groups is 1. The molecule has 0 bridgehead atoms. The number of ether oxygens (including phenoxy) is 1. The lowest BCUT2D eigenvalue weighted by atomic mass is 9.90. The summed E-state index contributed by atoms with van der Waals surface area (Å²) in [7, 11) is 0. The second-order valence-electron chi connectivity index (χ2n) is 8.22. The summed E-state index contributed by atoms with van der Waals surface area (Å²) in [4.78, 5) is 34.6. The van der Waals surface area contributed by atoms with Gasteiger partial charge >= 0.3 is 5.63 Å². The van der Waals surface area contributed by atoms with Crippen LogP contribution >= 0.6 is 0 Å². The molecule has 1 N–H and O–H groups in total. The van der Waals surface area contributed by atoms with Crippen LogP contribution in [0.15, 0.2) is 21.3 Å². The minimum atomic E-state index is -0.243. The molecule has 0 saturated carbocycles. The Morgan fingerprint density at radius 2 is 2.00 bits per heavy atom. The van der Waals surface area contributed by atoms with Gasteiger partial charge in [-0.25, -0.2) is 9.78 Å². The molecule has 1 aliphatic heterocycles. The van der Waals surface area contributed by atoms with Crippen LogP contribution in [-0.2, 0) is 30.6 Å². The number of rotatable bonds is 3. The van der Waals surface area contributed by atoms with Crippen LogP contribution in [0.2, 0.25) is 0 Å². The number of carbonyl (C=O) groups excluding carboxylic acids is 1. The number of aryl methyl sites for hydroxylation is 3. The zero-order chi connectivity index (χ0) is 20.8. The number of H-pyrrole nitrogens is 1. The Morgan fingerprint density at radius 3 is 2.83 bits per heavy atom. The van der Waals surface area contributed by atoms with Crippen LogP contribution in [-0.4, -0.2) is 33.9 Å². The highest BCUT2D eigenvalue weighted by Crippen LogP contribution is 2.32. The van der Waals surface area contributed by atoms with E-state index in [0.29, 0.717) is 24.4 Å². The molecule has 0 unspecified atom stereocenters. The van der Waals surface area contributed by atoms with Gasteiger partial charge < -0.3 is 19.0 Å². The molecule has 7 heteroatoms. The van der Waals surface area contributed by atoms with Crippen LogP contribution in [0.4, 0.5) is 0 Å². The molecule has 2 aromatic heterocycles. The van der Waals surface area contributed by atoms with Crippen molar-refractivity contribution < 1.29 is 13.9 Å². The maximum absolute atomic E-state index is 12.7. The normalized spacial score (nSPS) is 15.7. The predicted molar refractivity (Wildman–Crippen MR) is 112 cm³/mol. The molecule has 30 heavy (non-hydrogen) atoms. The first kappa shape index (κ1) is 18.9. The maximum atomic E-state index is 12.7. The average molecular weight is 407 g/mol. The van der Waals surface area contributed by atoms with E-state index in [2.05, 4.69) is 9.97 Å². The van der Waals surface area contributed by atoms with E-state index in [4.69, 9.17) is 9.15 Å². The van der Waals surface area contributed by atoms with Crippen molar-refractivity contribution in [1.29, 1.82) is 0 Å². The largest absolute Gasteiger partial charge is 0.483 e. The second-order valence-corrected chi connectivity index (χ2v) is 8.22. The van der Waals surface area contributed by atoms with E-state index in [1.165, 1.54) is 0 Å². The molecule has 1 amide bonds. The summed E-state index contributed by atoms with van der Waals surface area (Å²) in [5, 5.41) is 0.985. The molecule has 1 aromatic carbocycles. The zero-order valence-electron chi connectivity index (χ0n) is 17.3. The summed E-state index contributed by atoms with van der Waals surface area (Å²) < 4.78 is 11.5. The van der Waals surface area contributed by atoms with Crippen molar-refractivity contribution in [3.8, 4) is 5.75 Å². The quantitative estimate of drug-likeness (QED) is 0.675. The van der Waals surface area contributed by atoms with Crippen molar-refractivity contribution in [2.45, 2.75) is 52.5 Å². The number of imidazole rings is 1. The first-order valence-corrected chi connectivity index (χ1v) is 10.5. The first-order chi connectivity index (χ1) is 14.5. The summed E-state index contributed by atoms with van der Waals surface area (Å²) in [5.41, 5.74) is 5.05. The van der Waals surface area contributed by atoms with Crippen molar-refractivity contribution in [3.05, 3.63) is 56.5 Å². The minimum absolute atomic E-state index is 0.0516. The Kier molecular flexibility index (Phi) is 4.60. The third-order valence-corrected chi connectivity index (χ3v) is 6.24. The smallest absolute Gasteiger partial charge is 0.339 e. The summed E-state index contributed by atoms with van der Waals surface area (Å²) in [6.07, 6.45) is 4.55. The van der Waals surface area contributed by atoms with Gasteiger partial charge in [0.2, 0.25) is 0 Å². The molecule has 1 aliphatic carbocycles. The fourth-order valence-corrected chi connectivity index (χ4v) is 4.66. The summed E-state index contributed by atoms with van der Waals surface area (Å²) in [6, 6.07) is 3.84. The van der Waals surface area contributed by atoms with Gasteiger partial charge in [-0.05, 0) is 57.2 Å². The summed E-state index contributed by atoms with van der Waals surface area (Å²) >= 11 is 0. The van der Waals surface area contributed by atoms with E-state index in [1.807, 2.05) is 26.0 Å². The number of amides is 1. The van der Waals surface area contributed by atoms with E-state index >= 15 is 0 Å². The van der Waals surface area contributed by atoms with Crippen LogP contribution in [0.3, 0.4) is 0 Å².